The van der Waals surface area contributed by atoms with Gasteiger partial charge in [-0.15, -0.1) is 0 Å². The van der Waals surface area contributed by atoms with Crippen molar-refractivity contribution in [3.8, 4) is 5.75 Å². The van der Waals surface area contributed by atoms with E-state index in [2.05, 4.69) is 0 Å². The summed E-state index contributed by atoms with van der Waals surface area (Å²) >= 11 is 0. The second kappa shape index (κ2) is 4.20. The first-order chi connectivity index (χ1) is 8.06. The number of carbonyl (C=O) groups is 1. The van der Waals surface area contributed by atoms with E-state index in [0.717, 1.165) is 0 Å². The summed E-state index contributed by atoms with van der Waals surface area (Å²) < 4.78 is 20.7. The topological polar surface area (TPSA) is 31.2 Å². The van der Waals surface area contributed by atoms with Gasteiger partial charge in [0.25, 0.3) is 0 Å². The summed E-state index contributed by atoms with van der Waals surface area (Å²) in [6, 6.07) is 5.07. The highest BCUT2D eigenvalue weighted by atomic mass is 19.1. The van der Waals surface area contributed by atoms with Crippen LogP contribution in [0.4, 0.5) is 4.39 Å². The van der Waals surface area contributed by atoms with E-state index < -0.39 is 0 Å². The van der Waals surface area contributed by atoms with Gasteiger partial charge in [0.05, 0.1) is 17.8 Å². The van der Waals surface area contributed by atoms with Gasteiger partial charge in [-0.25, -0.2) is 4.39 Å². The van der Waals surface area contributed by atoms with Gasteiger partial charge in [0, 0.05) is 12.3 Å². The predicted molar refractivity (Wildman–Crippen MR) is 64.1 cm³/mol. The first-order valence-electron chi connectivity index (χ1n) is 5.50. The van der Waals surface area contributed by atoms with E-state index in [9.17, 15) is 9.18 Å². The Labute approximate surface area is 98.8 Å². The lowest BCUT2D eigenvalue weighted by atomic mass is 10.2. The van der Waals surface area contributed by atoms with Gasteiger partial charge in [0.2, 0.25) is 5.91 Å². The highest BCUT2D eigenvalue weighted by molar-refractivity contribution is 5.93. The number of nitrogens with zero attached hydrogens (tertiary/aromatic N) is 1. The van der Waals surface area contributed by atoms with E-state index in [4.69, 9.17) is 4.74 Å². The van der Waals surface area contributed by atoms with Crippen molar-refractivity contribution in [3.05, 3.63) is 29.7 Å². The molecule has 0 aliphatic carbocycles. The Balaban J connectivity index is 2.72. The van der Waals surface area contributed by atoms with Crippen molar-refractivity contribution >= 4 is 16.8 Å². The molecule has 1 aromatic heterocycles. The predicted octanol–water partition coefficient (Wildman–Crippen LogP) is 3.15. The lowest BCUT2D eigenvalue weighted by Crippen LogP contribution is -2.07. The van der Waals surface area contributed by atoms with Gasteiger partial charge in [0.1, 0.15) is 5.75 Å². The highest BCUT2D eigenvalue weighted by Crippen LogP contribution is 2.28. The molecule has 2 rings (SSSR count). The Morgan fingerprint density at radius 3 is 2.76 bits per heavy atom. The number of benzene rings is 1. The zero-order chi connectivity index (χ0) is 12.6. The van der Waals surface area contributed by atoms with Crippen molar-refractivity contribution < 1.29 is 13.9 Å². The number of halogens is 1. The number of carbonyl (C=O) groups excluding carboxylic acids is 1. The van der Waals surface area contributed by atoms with Crippen molar-refractivity contribution in [2.75, 3.05) is 6.61 Å². The van der Waals surface area contributed by atoms with Crippen LogP contribution in [0.15, 0.2) is 18.2 Å². The van der Waals surface area contributed by atoms with Crippen LogP contribution in [0.3, 0.4) is 0 Å². The molecule has 0 aliphatic rings. The van der Waals surface area contributed by atoms with Gasteiger partial charge in [0.15, 0.2) is 5.82 Å². The van der Waals surface area contributed by atoms with Crippen LogP contribution in [0.5, 0.6) is 5.75 Å². The maximum atomic E-state index is 14.0. The third-order valence-corrected chi connectivity index (χ3v) is 2.72. The van der Waals surface area contributed by atoms with Crippen molar-refractivity contribution in [1.29, 1.82) is 0 Å². The summed E-state index contributed by atoms with van der Waals surface area (Å²) in [4.78, 5) is 11.5. The Hall–Kier alpha value is -1.84. The minimum atomic E-state index is -0.364. The summed E-state index contributed by atoms with van der Waals surface area (Å²) in [7, 11) is 0. The molecule has 90 valence electrons. The molecule has 0 fully saturated rings. The van der Waals surface area contributed by atoms with E-state index in [-0.39, 0.29) is 11.7 Å². The van der Waals surface area contributed by atoms with Gasteiger partial charge in [-0.2, -0.15) is 0 Å². The molecule has 0 atom stereocenters. The quantitative estimate of drug-likeness (QED) is 0.800. The number of hydrogen-bond donors (Lipinski definition) is 0. The first-order valence-corrected chi connectivity index (χ1v) is 5.50. The van der Waals surface area contributed by atoms with Gasteiger partial charge < -0.3 is 4.74 Å². The SMILES string of the molecule is CCOc1ccc2c(c1)c(F)c(C)n2C(C)=O. The largest absolute Gasteiger partial charge is 0.494 e. The average molecular weight is 235 g/mol. The van der Waals surface area contributed by atoms with E-state index in [0.29, 0.717) is 29.0 Å². The maximum Gasteiger partial charge on any atom is 0.228 e. The zero-order valence-electron chi connectivity index (χ0n) is 10.1. The second-order valence-electron chi connectivity index (χ2n) is 3.87. The van der Waals surface area contributed by atoms with E-state index >= 15 is 0 Å². The molecule has 1 heterocycles. The fraction of sp³-hybridized carbons (Fsp3) is 0.308. The Bertz CT molecular complexity index is 587. The molecule has 0 bridgehead atoms. The monoisotopic (exact) mass is 235 g/mol. The fourth-order valence-corrected chi connectivity index (χ4v) is 2.02. The minimum absolute atomic E-state index is 0.194. The summed E-state index contributed by atoms with van der Waals surface area (Å²) in [6.07, 6.45) is 0. The zero-order valence-corrected chi connectivity index (χ0v) is 10.1. The Morgan fingerprint density at radius 1 is 1.47 bits per heavy atom. The molecular weight excluding hydrogens is 221 g/mol. The lowest BCUT2D eigenvalue weighted by Gasteiger charge is -2.04. The highest BCUT2D eigenvalue weighted by Gasteiger charge is 2.16. The van der Waals surface area contributed by atoms with Crippen LogP contribution >= 0.6 is 0 Å². The Morgan fingerprint density at radius 2 is 2.18 bits per heavy atom. The molecule has 0 aliphatic heterocycles. The Kier molecular flexibility index (Phi) is 2.88. The molecule has 4 heteroatoms. The van der Waals surface area contributed by atoms with Crippen molar-refractivity contribution in [2.45, 2.75) is 20.8 Å². The first kappa shape index (κ1) is 11.6. The minimum Gasteiger partial charge on any atom is -0.494 e. The molecule has 0 saturated carbocycles. The van der Waals surface area contributed by atoms with E-state index in [1.807, 2.05) is 6.92 Å². The molecule has 0 amide bonds. The summed E-state index contributed by atoms with van der Waals surface area (Å²) in [6.45, 7) is 5.41. The van der Waals surface area contributed by atoms with Crippen LogP contribution < -0.4 is 4.74 Å². The number of aromatic nitrogens is 1. The van der Waals surface area contributed by atoms with Gasteiger partial charge >= 0.3 is 0 Å². The number of fused-ring (bicyclic) bond motifs is 1. The van der Waals surface area contributed by atoms with Crippen LogP contribution in [0.1, 0.15) is 24.3 Å². The molecule has 17 heavy (non-hydrogen) atoms. The van der Waals surface area contributed by atoms with E-state index in [1.165, 1.54) is 11.5 Å². The van der Waals surface area contributed by atoms with Gasteiger partial charge in [-0.3, -0.25) is 9.36 Å². The molecule has 0 N–H and O–H groups in total. The average Bonchev–Trinajstić information content (AvgIpc) is 2.53. The number of hydrogen-bond acceptors (Lipinski definition) is 2. The number of ether oxygens (including phenoxy) is 1. The molecule has 1 aromatic carbocycles. The van der Waals surface area contributed by atoms with Crippen LogP contribution in [-0.4, -0.2) is 17.1 Å². The molecule has 0 unspecified atom stereocenters. The van der Waals surface area contributed by atoms with Crippen LogP contribution in [0.25, 0.3) is 10.9 Å². The summed E-state index contributed by atoms with van der Waals surface area (Å²) in [5.41, 5.74) is 0.914. The standard InChI is InChI=1S/C13H14FNO2/c1-4-17-10-5-6-12-11(7-10)13(14)8(2)15(12)9(3)16/h5-7H,4H2,1-3H3. The lowest BCUT2D eigenvalue weighted by molar-refractivity contribution is 0.0939. The molecule has 0 spiro atoms. The normalized spacial score (nSPS) is 10.8. The maximum absolute atomic E-state index is 14.0. The third kappa shape index (κ3) is 1.79. The smallest absolute Gasteiger partial charge is 0.228 e. The van der Waals surface area contributed by atoms with Gasteiger partial charge in [-0.05, 0) is 32.0 Å². The molecule has 0 radical (unpaired) electrons. The van der Waals surface area contributed by atoms with Crippen molar-refractivity contribution in [2.24, 2.45) is 0 Å². The summed E-state index contributed by atoms with van der Waals surface area (Å²) in [5.74, 6) is 0.0527. The van der Waals surface area contributed by atoms with Crippen molar-refractivity contribution in [3.63, 3.8) is 0 Å². The van der Waals surface area contributed by atoms with Crippen LogP contribution in [-0.2, 0) is 0 Å². The second-order valence-corrected chi connectivity index (χ2v) is 3.87. The van der Waals surface area contributed by atoms with Crippen LogP contribution in [0, 0.1) is 12.7 Å². The fourth-order valence-electron chi connectivity index (χ4n) is 2.02. The third-order valence-electron chi connectivity index (χ3n) is 2.72. The molecule has 3 nitrogen and oxygen atoms in total. The van der Waals surface area contributed by atoms with Crippen molar-refractivity contribution in [1.82, 2.24) is 4.57 Å². The van der Waals surface area contributed by atoms with E-state index in [1.54, 1.807) is 25.1 Å². The van der Waals surface area contributed by atoms with Gasteiger partial charge in [-0.1, -0.05) is 0 Å². The molecule has 0 saturated heterocycles. The summed E-state index contributed by atoms with van der Waals surface area (Å²) in [5, 5.41) is 0.420. The van der Waals surface area contributed by atoms with Crippen LogP contribution in [0.2, 0.25) is 0 Å². The number of rotatable bonds is 2. The molecular formula is C13H14FNO2. The molecule has 2 aromatic rings.